The summed E-state index contributed by atoms with van der Waals surface area (Å²) in [5.41, 5.74) is 0. The number of carbonyl (C=O) groups is 2. The van der Waals surface area contributed by atoms with Gasteiger partial charge in [-0.1, -0.05) is 6.92 Å². The third-order valence-electron chi connectivity index (χ3n) is 4.03. The van der Waals surface area contributed by atoms with Gasteiger partial charge >= 0.3 is 18.2 Å². The number of carboxylic acids is 1. The Morgan fingerprint density at radius 1 is 1.32 bits per heavy atom. The van der Waals surface area contributed by atoms with Crippen LogP contribution in [0, 0.1) is 11.8 Å². The molecule has 12 heteroatoms. The lowest BCUT2D eigenvalue weighted by atomic mass is 9.96. The molecule has 0 unspecified atom stereocenters. The van der Waals surface area contributed by atoms with Gasteiger partial charge in [-0.05, 0) is 6.42 Å². The summed E-state index contributed by atoms with van der Waals surface area (Å²) in [5, 5.41) is 11.3. The maximum absolute atomic E-state index is 12.9. The summed E-state index contributed by atoms with van der Waals surface area (Å²) in [6.45, 7) is 0.931. The molecule has 1 heterocycles. The Morgan fingerprint density at radius 2 is 1.92 bits per heavy atom. The molecule has 0 bridgehead atoms. The zero-order chi connectivity index (χ0) is 19.4. The van der Waals surface area contributed by atoms with Crippen LogP contribution >= 0.6 is 0 Å². The SMILES string of the molecule is CCN(CCCNC(=O)N1C[C@@H](C(F)(F)F)[C@H](C(=O)O)C1)S(C)(=O)=O. The summed E-state index contributed by atoms with van der Waals surface area (Å²) in [4.78, 5) is 23.7. The fraction of sp³-hybridized carbons (Fsp3) is 0.846. The van der Waals surface area contributed by atoms with Crippen LogP contribution in [0.5, 0.6) is 0 Å². The Kier molecular flexibility index (Phi) is 7.06. The van der Waals surface area contributed by atoms with Crippen LogP contribution in [0.3, 0.4) is 0 Å². The number of halogens is 3. The highest BCUT2D eigenvalue weighted by Crippen LogP contribution is 2.37. The molecule has 0 radical (unpaired) electrons. The molecule has 1 aliphatic heterocycles. The molecule has 2 N–H and O–H groups in total. The van der Waals surface area contributed by atoms with E-state index in [0.717, 1.165) is 11.2 Å². The van der Waals surface area contributed by atoms with Crippen LogP contribution in [0.25, 0.3) is 0 Å². The molecular weight excluding hydrogens is 367 g/mol. The van der Waals surface area contributed by atoms with Gasteiger partial charge in [-0.3, -0.25) is 4.79 Å². The molecule has 0 aromatic carbocycles. The van der Waals surface area contributed by atoms with Gasteiger partial charge in [-0.25, -0.2) is 17.5 Å². The number of carbonyl (C=O) groups excluding carboxylic acids is 1. The maximum Gasteiger partial charge on any atom is 0.394 e. The molecule has 0 spiro atoms. The van der Waals surface area contributed by atoms with Crippen molar-refractivity contribution >= 4 is 22.0 Å². The lowest BCUT2D eigenvalue weighted by Crippen LogP contribution is -2.41. The maximum atomic E-state index is 12.9. The number of alkyl halides is 3. The number of urea groups is 1. The largest absolute Gasteiger partial charge is 0.481 e. The smallest absolute Gasteiger partial charge is 0.394 e. The normalized spacial score (nSPS) is 21.6. The van der Waals surface area contributed by atoms with Gasteiger partial charge in [-0.2, -0.15) is 13.2 Å². The van der Waals surface area contributed by atoms with Crippen molar-refractivity contribution in [1.82, 2.24) is 14.5 Å². The number of likely N-dealkylation sites (tertiary alicyclic amines) is 1. The Morgan fingerprint density at radius 3 is 2.32 bits per heavy atom. The fourth-order valence-electron chi connectivity index (χ4n) is 2.67. The van der Waals surface area contributed by atoms with Gasteiger partial charge in [0.25, 0.3) is 0 Å². The summed E-state index contributed by atoms with van der Waals surface area (Å²) in [6, 6.07) is -0.791. The lowest BCUT2D eigenvalue weighted by molar-refractivity contribution is -0.187. The topological polar surface area (TPSA) is 107 Å². The van der Waals surface area contributed by atoms with Gasteiger partial charge in [0.15, 0.2) is 0 Å². The number of carboxylic acid groups (broad SMARTS) is 1. The highest BCUT2D eigenvalue weighted by molar-refractivity contribution is 7.88. The molecule has 0 saturated carbocycles. The molecule has 8 nitrogen and oxygen atoms in total. The number of amides is 2. The van der Waals surface area contributed by atoms with Crippen molar-refractivity contribution < 1.29 is 36.3 Å². The van der Waals surface area contributed by atoms with Crippen LogP contribution < -0.4 is 5.32 Å². The van der Waals surface area contributed by atoms with Crippen LogP contribution in [-0.2, 0) is 14.8 Å². The molecular formula is C13H22F3N3O5S. The van der Waals surface area contributed by atoms with E-state index < -0.39 is 53.1 Å². The van der Waals surface area contributed by atoms with E-state index in [4.69, 9.17) is 5.11 Å². The van der Waals surface area contributed by atoms with Gasteiger partial charge in [0.1, 0.15) is 0 Å². The second kappa shape index (κ2) is 8.21. The number of sulfonamides is 1. The van der Waals surface area contributed by atoms with Gasteiger partial charge in [0.05, 0.1) is 18.1 Å². The fourth-order valence-corrected chi connectivity index (χ4v) is 3.60. The number of aliphatic carboxylic acids is 1. The van der Waals surface area contributed by atoms with E-state index in [1.54, 1.807) is 6.92 Å². The third kappa shape index (κ3) is 6.03. The first kappa shape index (κ1) is 21.5. The predicted molar refractivity (Wildman–Crippen MR) is 82.4 cm³/mol. The van der Waals surface area contributed by atoms with E-state index >= 15 is 0 Å². The number of nitrogens with zero attached hydrogens (tertiary/aromatic N) is 2. The minimum atomic E-state index is -4.70. The molecule has 0 aromatic rings. The van der Waals surface area contributed by atoms with Gasteiger partial charge in [0, 0.05) is 32.7 Å². The Labute approximate surface area is 144 Å². The zero-order valence-electron chi connectivity index (χ0n) is 13.9. The van der Waals surface area contributed by atoms with E-state index in [1.165, 1.54) is 4.31 Å². The minimum absolute atomic E-state index is 0.0653. The van der Waals surface area contributed by atoms with Crippen molar-refractivity contribution in [1.29, 1.82) is 0 Å². The zero-order valence-corrected chi connectivity index (χ0v) is 14.7. The van der Waals surface area contributed by atoms with Crippen LogP contribution in [0.2, 0.25) is 0 Å². The van der Waals surface area contributed by atoms with Gasteiger partial charge < -0.3 is 15.3 Å². The van der Waals surface area contributed by atoms with E-state index in [0.29, 0.717) is 0 Å². The minimum Gasteiger partial charge on any atom is -0.481 e. The summed E-state index contributed by atoms with van der Waals surface area (Å²) < 4.78 is 62.6. The monoisotopic (exact) mass is 389 g/mol. The van der Waals surface area contributed by atoms with E-state index in [9.17, 15) is 31.2 Å². The van der Waals surface area contributed by atoms with Crippen molar-refractivity contribution in [2.45, 2.75) is 19.5 Å². The standard InChI is InChI=1S/C13H22F3N3O5S/c1-3-19(25(2,23)24)6-4-5-17-12(22)18-7-9(11(20)21)10(8-18)13(14,15)16/h9-10H,3-8H2,1-2H3,(H,17,22)(H,20,21)/t9-,10-/m1/s1. The van der Waals surface area contributed by atoms with Crippen molar-refractivity contribution in [2.75, 3.05) is 39.0 Å². The lowest BCUT2D eigenvalue weighted by Gasteiger charge is -2.20. The second-order valence-corrected chi connectivity index (χ2v) is 7.82. The van der Waals surface area contributed by atoms with Gasteiger partial charge in [-0.15, -0.1) is 0 Å². The highest BCUT2D eigenvalue weighted by atomic mass is 32.2. The molecule has 1 rings (SSSR count). The van der Waals surface area contributed by atoms with Crippen molar-refractivity contribution in [3.63, 3.8) is 0 Å². The second-order valence-electron chi connectivity index (χ2n) is 5.84. The third-order valence-corrected chi connectivity index (χ3v) is 5.41. The summed E-state index contributed by atoms with van der Waals surface area (Å²) in [6.07, 6.45) is -3.36. The van der Waals surface area contributed by atoms with Crippen LogP contribution in [0.4, 0.5) is 18.0 Å². The number of rotatable bonds is 7. The Bertz CT molecular complexity index is 596. The molecule has 0 aliphatic carbocycles. The summed E-state index contributed by atoms with van der Waals surface area (Å²) >= 11 is 0. The van der Waals surface area contributed by atoms with E-state index in [1.807, 2.05) is 0 Å². The predicted octanol–water partition coefficient (Wildman–Crippen LogP) is 0.563. The molecule has 1 aliphatic rings. The Balaban J connectivity index is 2.52. The Hall–Kier alpha value is -1.56. The molecule has 1 saturated heterocycles. The molecule has 25 heavy (non-hydrogen) atoms. The van der Waals surface area contributed by atoms with Crippen molar-refractivity contribution in [3.8, 4) is 0 Å². The summed E-state index contributed by atoms with van der Waals surface area (Å²) in [7, 11) is -3.35. The molecule has 0 aromatic heterocycles. The van der Waals surface area contributed by atoms with E-state index in [2.05, 4.69) is 5.32 Å². The first-order chi connectivity index (χ1) is 11.4. The highest BCUT2D eigenvalue weighted by Gasteiger charge is 2.53. The molecule has 2 amide bonds. The van der Waals surface area contributed by atoms with Crippen LogP contribution in [-0.4, -0.2) is 79.9 Å². The number of hydrogen-bond donors (Lipinski definition) is 2. The van der Waals surface area contributed by atoms with E-state index in [-0.39, 0.29) is 26.1 Å². The van der Waals surface area contributed by atoms with Crippen LogP contribution in [0.1, 0.15) is 13.3 Å². The number of nitrogens with one attached hydrogen (secondary N) is 1. The first-order valence-electron chi connectivity index (χ1n) is 7.65. The number of hydrogen-bond acceptors (Lipinski definition) is 4. The van der Waals surface area contributed by atoms with Crippen molar-refractivity contribution in [2.24, 2.45) is 11.8 Å². The molecule has 2 atom stereocenters. The van der Waals surface area contributed by atoms with Crippen LogP contribution in [0.15, 0.2) is 0 Å². The average Bonchev–Trinajstić information content (AvgIpc) is 2.91. The first-order valence-corrected chi connectivity index (χ1v) is 9.50. The average molecular weight is 389 g/mol. The molecule has 146 valence electrons. The van der Waals surface area contributed by atoms with Gasteiger partial charge in [0.2, 0.25) is 10.0 Å². The van der Waals surface area contributed by atoms with Crippen molar-refractivity contribution in [3.05, 3.63) is 0 Å². The quantitative estimate of drug-likeness (QED) is 0.619. The summed E-state index contributed by atoms with van der Waals surface area (Å²) in [5.74, 6) is -5.38. The molecule has 1 fully saturated rings.